The molecule has 1 rings (SSSR count). The van der Waals surface area contributed by atoms with Crippen LogP contribution in [0.25, 0.3) is 0 Å². The van der Waals surface area contributed by atoms with E-state index in [2.05, 4.69) is 45.9 Å². The van der Waals surface area contributed by atoms with Gasteiger partial charge in [0.05, 0.1) is 0 Å². The van der Waals surface area contributed by atoms with Crippen molar-refractivity contribution in [2.45, 2.75) is 40.0 Å². The van der Waals surface area contributed by atoms with E-state index in [4.69, 9.17) is 11.6 Å². The van der Waals surface area contributed by atoms with Crippen molar-refractivity contribution in [3.05, 3.63) is 34.9 Å². The first kappa shape index (κ1) is 13.2. The van der Waals surface area contributed by atoms with Crippen LogP contribution in [-0.4, -0.2) is 5.24 Å². The zero-order valence-corrected chi connectivity index (χ0v) is 11.1. The maximum Gasteiger partial charge on any atom is 0.222 e. The predicted octanol–water partition coefficient (Wildman–Crippen LogP) is 4.20. The Morgan fingerprint density at radius 2 is 1.94 bits per heavy atom. The molecule has 2 heteroatoms. The molecular weight excluding hydrogens is 220 g/mol. The standard InChI is InChI=1S/C14H19ClO/c1-9(2)12(8-14(15)16)13-7-10(3)5-6-11(13)4/h5-7,9,12H,8H2,1-4H3. The number of hydrogen-bond acceptors (Lipinski definition) is 1. The second-order valence-electron chi connectivity index (χ2n) is 4.77. The van der Waals surface area contributed by atoms with E-state index in [0.29, 0.717) is 12.3 Å². The molecule has 0 N–H and O–H groups in total. The highest BCUT2D eigenvalue weighted by Gasteiger charge is 2.20. The predicted molar refractivity (Wildman–Crippen MR) is 69.0 cm³/mol. The Kier molecular flexibility index (Phi) is 4.55. The molecule has 0 saturated carbocycles. The lowest BCUT2D eigenvalue weighted by atomic mass is 9.83. The molecule has 1 atom stereocenters. The normalized spacial score (nSPS) is 12.9. The molecule has 0 aliphatic carbocycles. The smallest absolute Gasteiger partial charge is 0.222 e. The number of hydrogen-bond donors (Lipinski definition) is 0. The Balaban J connectivity index is 3.09. The minimum Gasteiger partial charge on any atom is -0.281 e. The molecular formula is C14H19ClO. The molecule has 1 unspecified atom stereocenters. The highest BCUT2D eigenvalue weighted by atomic mass is 35.5. The summed E-state index contributed by atoms with van der Waals surface area (Å²) in [5.74, 6) is 0.646. The Morgan fingerprint density at radius 1 is 1.31 bits per heavy atom. The summed E-state index contributed by atoms with van der Waals surface area (Å²) in [4.78, 5) is 11.1. The van der Waals surface area contributed by atoms with Crippen molar-refractivity contribution in [1.82, 2.24) is 0 Å². The van der Waals surface area contributed by atoms with Crippen LogP contribution < -0.4 is 0 Å². The third-order valence-corrected chi connectivity index (χ3v) is 3.17. The van der Waals surface area contributed by atoms with Crippen LogP contribution in [0.5, 0.6) is 0 Å². The maximum atomic E-state index is 11.1. The van der Waals surface area contributed by atoms with Crippen molar-refractivity contribution in [3.8, 4) is 0 Å². The molecule has 0 bridgehead atoms. The van der Waals surface area contributed by atoms with E-state index in [1.54, 1.807) is 0 Å². The molecule has 1 aromatic rings. The largest absolute Gasteiger partial charge is 0.281 e. The van der Waals surface area contributed by atoms with Gasteiger partial charge in [-0.1, -0.05) is 37.6 Å². The zero-order valence-electron chi connectivity index (χ0n) is 10.4. The SMILES string of the molecule is Cc1ccc(C)c(C(CC(=O)Cl)C(C)C)c1. The zero-order chi connectivity index (χ0) is 12.3. The number of halogens is 1. The van der Waals surface area contributed by atoms with Crippen LogP contribution in [-0.2, 0) is 4.79 Å². The second kappa shape index (κ2) is 5.49. The van der Waals surface area contributed by atoms with Gasteiger partial charge in [0.15, 0.2) is 0 Å². The van der Waals surface area contributed by atoms with E-state index in [9.17, 15) is 4.79 Å². The van der Waals surface area contributed by atoms with Gasteiger partial charge in [0.25, 0.3) is 0 Å². The fourth-order valence-corrected chi connectivity index (χ4v) is 2.20. The third-order valence-electron chi connectivity index (χ3n) is 3.02. The van der Waals surface area contributed by atoms with Gasteiger partial charge in [0.1, 0.15) is 0 Å². The molecule has 0 heterocycles. The lowest BCUT2D eigenvalue weighted by Gasteiger charge is -2.22. The van der Waals surface area contributed by atoms with E-state index >= 15 is 0 Å². The van der Waals surface area contributed by atoms with Crippen LogP contribution in [0.2, 0.25) is 0 Å². The van der Waals surface area contributed by atoms with Gasteiger partial charge in [-0.15, -0.1) is 0 Å². The van der Waals surface area contributed by atoms with Crippen LogP contribution in [0, 0.1) is 19.8 Å². The average Bonchev–Trinajstić information content (AvgIpc) is 2.18. The van der Waals surface area contributed by atoms with Crippen LogP contribution >= 0.6 is 11.6 Å². The van der Waals surface area contributed by atoms with Gasteiger partial charge in [-0.2, -0.15) is 0 Å². The summed E-state index contributed by atoms with van der Waals surface area (Å²) in [5, 5.41) is -0.250. The minimum absolute atomic E-state index is 0.227. The quantitative estimate of drug-likeness (QED) is 0.719. The summed E-state index contributed by atoms with van der Waals surface area (Å²) in [6.45, 7) is 8.42. The fraction of sp³-hybridized carbons (Fsp3) is 0.500. The molecule has 0 saturated heterocycles. The van der Waals surface area contributed by atoms with Gasteiger partial charge in [0, 0.05) is 6.42 Å². The van der Waals surface area contributed by atoms with Crippen LogP contribution in [0.4, 0.5) is 0 Å². The summed E-state index contributed by atoms with van der Waals surface area (Å²) in [6.07, 6.45) is 0.420. The Hall–Kier alpha value is -0.820. The van der Waals surface area contributed by atoms with Crippen molar-refractivity contribution in [3.63, 3.8) is 0 Å². The lowest BCUT2D eigenvalue weighted by Crippen LogP contribution is -2.11. The monoisotopic (exact) mass is 238 g/mol. The van der Waals surface area contributed by atoms with Crippen LogP contribution in [0.15, 0.2) is 18.2 Å². The Labute approximate surface area is 103 Å². The molecule has 88 valence electrons. The topological polar surface area (TPSA) is 17.1 Å². The number of aryl methyl sites for hydroxylation is 2. The molecule has 0 aliphatic heterocycles. The van der Waals surface area contributed by atoms with Crippen molar-refractivity contribution < 1.29 is 4.79 Å². The number of rotatable bonds is 4. The van der Waals surface area contributed by atoms with Crippen molar-refractivity contribution >= 4 is 16.8 Å². The Morgan fingerprint density at radius 3 is 2.44 bits per heavy atom. The second-order valence-corrected chi connectivity index (χ2v) is 5.19. The molecule has 0 amide bonds. The summed E-state index contributed by atoms with van der Waals surface area (Å²) in [5.41, 5.74) is 3.72. The van der Waals surface area contributed by atoms with Gasteiger partial charge >= 0.3 is 0 Å². The average molecular weight is 239 g/mol. The minimum atomic E-state index is -0.250. The highest BCUT2D eigenvalue weighted by Crippen LogP contribution is 2.31. The number of carbonyl (C=O) groups is 1. The van der Waals surface area contributed by atoms with Crippen LogP contribution in [0.1, 0.15) is 42.9 Å². The molecule has 1 nitrogen and oxygen atoms in total. The summed E-state index contributed by atoms with van der Waals surface area (Å²) >= 11 is 5.52. The molecule has 0 radical (unpaired) electrons. The first-order valence-corrected chi connectivity index (χ1v) is 6.05. The number of carbonyl (C=O) groups excluding carboxylic acids is 1. The fourth-order valence-electron chi connectivity index (χ4n) is 2.04. The third kappa shape index (κ3) is 3.34. The summed E-state index contributed by atoms with van der Waals surface area (Å²) < 4.78 is 0. The highest BCUT2D eigenvalue weighted by molar-refractivity contribution is 6.63. The van der Waals surface area contributed by atoms with Crippen molar-refractivity contribution in [2.24, 2.45) is 5.92 Å². The first-order chi connectivity index (χ1) is 7.41. The maximum absolute atomic E-state index is 11.1. The number of benzene rings is 1. The van der Waals surface area contributed by atoms with E-state index < -0.39 is 0 Å². The molecule has 0 aromatic heterocycles. The molecule has 16 heavy (non-hydrogen) atoms. The summed E-state index contributed by atoms with van der Waals surface area (Å²) in [6, 6.07) is 6.37. The van der Waals surface area contributed by atoms with E-state index in [0.717, 1.165) is 0 Å². The molecule has 0 fully saturated rings. The summed E-state index contributed by atoms with van der Waals surface area (Å²) in [7, 11) is 0. The van der Waals surface area contributed by atoms with Gasteiger partial charge in [-0.3, -0.25) is 4.79 Å². The van der Waals surface area contributed by atoms with Gasteiger partial charge in [0.2, 0.25) is 5.24 Å². The molecule has 0 aliphatic rings. The van der Waals surface area contributed by atoms with E-state index in [1.165, 1.54) is 16.7 Å². The van der Waals surface area contributed by atoms with Crippen molar-refractivity contribution in [1.29, 1.82) is 0 Å². The van der Waals surface area contributed by atoms with Gasteiger partial charge in [-0.05, 0) is 48.4 Å². The van der Waals surface area contributed by atoms with Gasteiger partial charge < -0.3 is 0 Å². The van der Waals surface area contributed by atoms with E-state index in [1.807, 2.05) is 0 Å². The van der Waals surface area contributed by atoms with E-state index in [-0.39, 0.29) is 11.2 Å². The lowest BCUT2D eigenvalue weighted by molar-refractivity contribution is -0.112. The van der Waals surface area contributed by atoms with Crippen molar-refractivity contribution in [2.75, 3.05) is 0 Å². The molecule has 0 spiro atoms. The molecule has 1 aromatic carbocycles. The van der Waals surface area contributed by atoms with Gasteiger partial charge in [-0.25, -0.2) is 0 Å². The first-order valence-electron chi connectivity index (χ1n) is 5.67. The van der Waals surface area contributed by atoms with Crippen LogP contribution in [0.3, 0.4) is 0 Å². The Bertz CT molecular complexity index is 382.